The standard InChI is InChI=1S/C19H27N3O5/c1-22(13-15-5-3-2-4-6-15)18(26)20-10-7-16(23)21-14-19(17(24)25)8-11-27-12-9-19/h2-6H,7-14H2,1H3,(H,20,26)(H,21,23)(H,24,25). The Hall–Kier alpha value is -2.61. The maximum Gasteiger partial charge on any atom is 0.317 e. The van der Waals surface area contributed by atoms with Gasteiger partial charge in [-0.3, -0.25) is 9.59 Å². The molecule has 0 saturated carbocycles. The van der Waals surface area contributed by atoms with E-state index in [0.29, 0.717) is 32.6 Å². The number of benzene rings is 1. The van der Waals surface area contributed by atoms with Crippen LogP contribution in [0.3, 0.4) is 0 Å². The van der Waals surface area contributed by atoms with Gasteiger partial charge in [-0.15, -0.1) is 0 Å². The lowest BCUT2D eigenvalue weighted by Gasteiger charge is -2.33. The zero-order valence-corrected chi connectivity index (χ0v) is 15.6. The van der Waals surface area contributed by atoms with Crippen molar-refractivity contribution in [3.8, 4) is 0 Å². The second-order valence-electron chi connectivity index (χ2n) is 6.80. The van der Waals surface area contributed by atoms with E-state index in [1.54, 1.807) is 7.05 Å². The fourth-order valence-corrected chi connectivity index (χ4v) is 2.93. The van der Waals surface area contributed by atoms with Gasteiger partial charge >= 0.3 is 12.0 Å². The number of aliphatic carboxylic acids is 1. The number of ether oxygens (including phenoxy) is 1. The summed E-state index contributed by atoms with van der Waals surface area (Å²) in [6, 6.07) is 9.34. The quantitative estimate of drug-likeness (QED) is 0.631. The van der Waals surface area contributed by atoms with E-state index < -0.39 is 11.4 Å². The predicted octanol–water partition coefficient (Wildman–Crippen LogP) is 1.22. The Morgan fingerprint density at radius 3 is 2.44 bits per heavy atom. The number of rotatable bonds is 8. The third-order valence-corrected chi connectivity index (χ3v) is 4.77. The summed E-state index contributed by atoms with van der Waals surface area (Å²) in [6.45, 7) is 1.50. The van der Waals surface area contributed by atoms with Gasteiger partial charge in [0.05, 0.1) is 5.41 Å². The number of carbonyl (C=O) groups excluding carboxylic acids is 2. The molecular formula is C19H27N3O5. The van der Waals surface area contributed by atoms with Crippen molar-refractivity contribution in [2.75, 3.05) is 33.4 Å². The zero-order valence-electron chi connectivity index (χ0n) is 15.6. The van der Waals surface area contributed by atoms with E-state index in [2.05, 4.69) is 10.6 Å². The summed E-state index contributed by atoms with van der Waals surface area (Å²) in [4.78, 5) is 37.1. The van der Waals surface area contributed by atoms with Crippen LogP contribution in [0.5, 0.6) is 0 Å². The normalized spacial score (nSPS) is 15.6. The van der Waals surface area contributed by atoms with Crippen molar-refractivity contribution >= 4 is 17.9 Å². The van der Waals surface area contributed by atoms with Crippen LogP contribution in [-0.2, 0) is 20.9 Å². The van der Waals surface area contributed by atoms with Gasteiger partial charge in [-0.25, -0.2) is 4.79 Å². The average molecular weight is 377 g/mol. The Labute approximate surface area is 158 Å². The van der Waals surface area contributed by atoms with Crippen LogP contribution in [0.25, 0.3) is 0 Å². The highest BCUT2D eigenvalue weighted by molar-refractivity contribution is 5.80. The fraction of sp³-hybridized carbons (Fsp3) is 0.526. The first kappa shape index (κ1) is 20.7. The first-order valence-electron chi connectivity index (χ1n) is 9.04. The molecule has 1 aliphatic heterocycles. The van der Waals surface area contributed by atoms with E-state index in [9.17, 15) is 19.5 Å². The SMILES string of the molecule is CN(Cc1ccccc1)C(=O)NCCC(=O)NCC1(C(=O)O)CCOCC1. The number of amides is 3. The summed E-state index contributed by atoms with van der Waals surface area (Å²) in [5, 5.41) is 14.8. The van der Waals surface area contributed by atoms with Gasteiger partial charge in [-0.2, -0.15) is 0 Å². The number of carboxylic acids is 1. The molecule has 0 atom stereocenters. The third kappa shape index (κ3) is 6.25. The highest BCUT2D eigenvalue weighted by Gasteiger charge is 2.40. The lowest BCUT2D eigenvalue weighted by molar-refractivity contribution is -0.154. The number of nitrogens with one attached hydrogen (secondary N) is 2. The first-order valence-corrected chi connectivity index (χ1v) is 9.04. The topological polar surface area (TPSA) is 108 Å². The van der Waals surface area contributed by atoms with Crippen LogP contribution in [0.4, 0.5) is 4.79 Å². The Kier molecular flexibility index (Phi) is 7.60. The van der Waals surface area contributed by atoms with Gasteiger partial charge < -0.3 is 25.4 Å². The van der Waals surface area contributed by atoms with Crippen molar-refractivity contribution in [2.24, 2.45) is 5.41 Å². The van der Waals surface area contributed by atoms with Gasteiger partial charge in [0.1, 0.15) is 0 Å². The largest absolute Gasteiger partial charge is 0.481 e. The molecule has 3 N–H and O–H groups in total. The minimum Gasteiger partial charge on any atom is -0.481 e. The summed E-state index contributed by atoms with van der Waals surface area (Å²) < 4.78 is 5.21. The van der Waals surface area contributed by atoms with E-state index in [1.807, 2.05) is 30.3 Å². The molecule has 8 heteroatoms. The van der Waals surface area contributed by atoms with E-state index in [-0.39, 0.29) is 31.4 Å². The zero-order chi connectivity index (χ0) is 19.7. The molecule has 0 aromatic heterocycles. The second kappa shape index (κ2) is 9.91. The molecule has 1 aromatic carbocycles. The minimum atomic E-state index is -0.965. The minimum absolute atomic E-state index is 0.0758. The van der Waals surface area contributed by atoms with Crippen LogP contribution in [0, 0.1) is 5.41 Å². The molecule has 0 bridgehead atoms. The van der Waals surface area contributed by atoms with Crippen LogP contribution >= 0.6 is 0 Å². The number of carboxylic acid groups (broad SMARTS) is 1. The molecule has 148 valence electrons. The first-order chi connectivity index (χ1) is 12.9. The van der Waals surface area contributed by atoms with Crippen molar-refractivity contribution in [3.05, 3.63) is 35.9 Å². The molecule has 8 nitrogen and oxygen atoms in total. The van der Waals surface area contributed by atoms with E-state index in [0.717, 1.165) is 5.56 Å². The molecule has 2 rings (SSSR count). The fourth-order valence-electron chi connectivity index (χ4n) is 2.93. The molecule has 1 aliphatic rings. The van der Waals surface area contributed by atoms with Crippen molar-refractivity contribution in [2.45, 2.75) is 25.8 Å². The average Bonchev–Trinajstić information content (AvgIpc) is 2.67. The number of nitrogens with zero attached hydrogens (tertiary/aromatic N) is 1. The van der Waals surface area contributed by atoms with Gasteiger partial charge in [-0.1, -0.05) is 30.3 Å². The van der Waals surface area contributed by atoms with Crippen LogP contribution in [-0.4, -0.2) is 61.3 Å². The molecular weight excluding hydrogens is 350 g/mol. The van der Waals surface area contributed by atoms with Crippen molar-refractivity contribution in [1.82, 2.24) is 15.5 Å². The number of hydrogen-bond acceptors (Lipinski definition) is 4. The Bertz CT molecular complexity index is 644. The number of urea groups is 1. The molecule has 1 aromatic rings. The highest BCUT2D eigenvalue weighted by Crippen LogP contribution is 2.30. The van der Waals surface area contributed by atoms with E-state index >= 15 is 0 Å². The lowest BCUT2D eigenvalue weighted by atomic mass is 9.80. The predicted molar refractivity (Wildman–Crippen MR) is 99.1 cm³/mol. The molecule has 0 radical (unpaired) electrons. The van der Waals surface area contributed by atoms with Gasteiger partial charge in [0.15, 0.2) is 0 Å². The van der Waals surface area contributed by atoms with Crippen molar-refractivity contribution in [3.63, 3.8) is 0 Å². The summed E-state index contributed by atoms with van der Waals surface area (Å²) in [5.41, 5.74) is 0.0517. The molecule has 3 amide bonds. The van der Waals surface area contributed by atoms with Gasteiger partial charge in [-0.05, 0) is 18.4 Å². The molecule has 0 unspecified atom stereocenters. The van der Waals surface area contributed by atoms with Crippen molar-refractivity contribution in [1.29, 1.82) is 0 Å². The van der Waals surface area contributed by atoms with Gasteiger partial charge in [0.2, 0.25) is 5.91 Å². The smallest absolute Gasteiger partial charge is 0.317 e. The van der Waals surface area contributed by atoms with Crippen LogP contribution in [0.2, 0.25) is 0 Å². The van der Waals surface area contributed by atoms with E-state index in [1.165, 1.54) is 4.90 Å². The van der Waals surface area contributed by atoms with Crippen LogP contribution in [0.15, 0.2) is 30.3 Å². The maximum absolute atomic E-state index is 12.1. The Morgan fingerprint density at radius 1 is 1.15 bits per heavy atom. The highest BCUT2D eigenvalue weighted by atomic mass is 16.5. The molecule has 1 heterocycles. The lowest BCUT2D eigenvalue weighted by Crippen LogP contribution is -2.47. The monoisotopic (exact) mass is 377 g/mol. The number of carbonyl (C=O) groups is 3. The molecule has 1 saturated heterocycles. The Morgan fingerprint density at radius 2 is 1.81 bits per heavy atom. The molecule has 27 heavy (non-hydrogen) atoms. The van der Waals surface area contributed by atoms with Crippen LogP contribution in [0.1, 0.15) is 24.8 Å². The third-order valence-electron chi connectivity index (χ3n) is 4.77. The molecule has 0 aliphatic carbocycles. The van der Waals surface area contributed by atoms with Crippen molar-refractivity contribution < 1.29 is 24.2 Å². The maximum atomic E-state index is 12.1. The van der Waals surface area contributed by atoms with Gasteiger partial charge in [0, 0.05) is 46.3 Å². The number of hydrogen-bond donors (Lipinski definition) is 3. The van der Waals surface area contributed by atoms with Gasteiger partial charge in [0.25, 0.3) is 0 Å². The summed E-state index contributed by atoms with van der Waals surface area (Å²) in [6.07, 6.45) is 0.852. The van der Waals surface area contributed by atoms with Crippen LogP contribution < -0.4 is 10.6 Å². The summed E-state index contributed by atoms with van der Waals surface area (Å²) in [5.74, 6) is -1.20. The van der Waals surface area contributed by atoms with E-state index in [4.69, 9.17) is 4.74 Å². The Balaban J connectivity index is 1.69. The molecule has 0 spiro atoms. The summed E-state index contributed by atoms with van der Waals surface area (Å²) >= 11 is 0. The second-order valence-corrected chi connectivity index (χ2v) is 6.80. The molecule has 1 fully saturated rings. The summed E-state index contributed by atoms with van der Waals surface area (Å²) in [7, 11) is 1.68.